The lowest BCUT2D eigenvalue weighted by Crippen LogP contribution is -2.42. The number of rotatable bonds is 7. The molecule has 0 aliphatic heterocycles. The van der Waals surface area contributed by atoms with Crippen LogP contribution in [0.25, 0.3) is 0 Å². The molecule has 28 heavy (non-hydrogen) atoms. The number of allylic oxidation sites excluding steroid dienone is 1. The molecule has 7 nitrogen and oxygen atoms in total. The molecule has 2 aromatic carbocycles. The molecule has 0 spiro atoms. The molecule has 0 aliphatic carbocycles. The van der Waals surface area contributed by atoms with Crippen molar-refractivity contribution in [3.05, 3.63) is 92.7 Å². The third-order valence-corrected chi connectivity index (χ3v) is 4.31. The number of ether oxygens (including phenoxy) is 1. The van der Waals surface area contributed by atoms with Gasteiger partial charge >= 0.3 is 11.4 Å². The smallest absolute Gasteiger partial charge is 0.355 e. The molecule has 0 saturated carbocycles. The molecule has 1 N–H and O–H groups in total. The average molecular weight is 399 g/mol. The highest BCUT2D eigenvalue weighted by Crippen LogP contribution is 2.18. The van der Waals surface area contributed by atoms with Crippen LogP contribution in [0.5, 0.6) is 5.75 Å². The van der Waals surface area contributed by atoms with Gasteiger partial charge in [-0.1, -0.05) is 29.8 Å². The van der Waals surface area contributed by atoms with Gasteiger partial charge in [-0.15, -0.1) is 6.58 Å². The van der Waals surface area contributed by atoms with Gasteiger partial charge in [0.05, 0.1) is 20.2 Å². The van der Waals surface area contributed by atoms with E-state index in [2.05, 4.69) is 16.9 Å². The van der Waals surface area contributed by atoms with E-state index in [1.807, 2.05) is 12.1 Å². The number of nitrogens with one attached hydrogen (secondary N) is 1. The summed E-state index contributed by atoms with van der Waals surface area (Å²) in [5.74, 6) is 0.860. The van der Waals surface area contributed by atoms with Gasteiger partial charge in [0.2, 0.25) is 5.95 Å². The number of nitrogens with zero attached hydrogens (tertiary/aromatic N) is 3. The second-order valence-corrected chi connectivity index (χ2v) is 6.40. The highest BCUT2D eigenvalue weighted by Gasteiger charge is 2.13. The van der Waals surface area contributed by atoms with Crippen LogP contribution in [0.15, 0.2) is 70.8 Å². The van der Waals surface area contributed by atoms with Crippen molar-refractivity contribution in [2.24, 2.45) is 0 Å². The van der Waals surface area contributed by atoms with Crippen LogP contribution in [0.2, 0.25) is 5.02 Å². The zero-order valence-corrected chi connectivity index (χ0v) is 16.0. The van der Waals surface area contributed by atoms with Crippen molar-refractivity contribution < 1.29 is 4.74 Å². The normalized spacial score (nSPS) is 10.5. The van der Waals surface area contributed by atoms with E-state index in [0.717, 1.165) is 10.1 Å². The lowest BCUT2D eigenvalue weighted by molar-refractivity contribution is 0.414. The van der Waals surface area contributed by atoms with Gasteiger partial charge in [-0.2, -0.15) is 4.98 Å². The Bertz CT molecular complexity index is 1090. The number of halogens is 1. The summed E-state index contributed by atoms with van der Waals surface area (Å²) in [5, 5.41) is 3.60. The molecule has 8 heteroatoms. The molecular formula is C20H19ClN4O3. The zero-order chi connectivity index (χ0) is 20.1. The van der Waals surface area contributed by atoms with Crippen molar-refractivity contribution in [3.63, 3.8) is 0 Å². The van der Waals surface area contributed by atoms with Gasteiger partial charge in [0.25, 0.3) is 0 Å². The molecule has 3 aromatic rings. The number of hydrogen-bond acceptors (Lipinski definition) is 5. The Kier molecular flexibility index (Phi) is 5.96. The van der Waals surface area contributed by atoms with Crippen LogP contribution in [-0.2, 0) is 13.1 Å². The van der Waals surface area contributed by atoms with E-state index in [9.17, 15) is 9.59 Å². The summed E-state index contributed by atoms with van der Waals surface area (Å²) < 4.78 is 7.60. The highest BCUT2D eigenvalue weighted by molar-refractivity contribution is 6.30. The first-order valence-corrected chi connectivity index (χ1v) is 8.87. The minimum absolute atomic E-state index is 0.0779. The topological polar surface area (TPSA) is 78.2 Å². The molecule has 0 aliphatic rings. The molecule has 0 bridgehead atoms. The van der Waals surface area contributed by atoms with Gasteiger partial charge < -0.3 is 10.1 Å². The first-order valence-electron chi connectivity index (χ1n) is 8.50. The second-order valence-electron chi connectivity index (χ2n) is 5.97. The predicted octanol–water partition coefficient (Wildman–Crippen LogP) is 3.04. The summed E-state index contributed by atoms with van der Waals surface area (Å²) in [6.45, 7) is 3.89. The average Bonchev–Trinajstić information content (AvgIpc) is 2.70. The quantitative estimate of drug-likeness (QED) is 0.619. The minimum atomic E-state index is -0.646. The standard InChI is InChI=1S/C20H19ClN4O3/c1-3-12-24-19(26)23-18(22-16-8-6-15(21)7-9-16)25(20(24)27)13-14-4-10-17(28-2)11-5-14/h3-11H,1,12-13H2,2H3,(H,22,23,26). The van der Waals surface area contributed by atoms with Gasteiger partial charge in [0.15, 0.2) is 0 Å². The second kappa shape index (κ2) is 8.58. The predicted molar refractivity (Wildman–Crippen MR) is 110 cm³/mol. The number of anilines is 2. The van der Waals surface area contributed by atoms with E-state index < -0.39 is 11.4 Å². The molecule has 0 unspecified atom stereocenters. The van der Waals surface area contributed by atoms with Crippen LogP contribution < -0.4 is 21.4 Å². The lowest BCUT2D eigenvalue weighted by atomic mass is 10.2. The largest absolute Gasteiger partial charge is 0.497 e. The Labute approximate surface area is 166 Å². The minimum Gasteiger partial charge on any atom is -0.497 e. The van der Waals surface area contributed by atoms with Crippen molar-refractivity contribution in [2.45, 2.75) is 13.1 Å². The lowest BCUT2D eigenvalue weighted by Gasteiger charge is -2.15. The zero-order valence-electron chi connectivity index (χ0n) is 15.3. The van der Waals surface area contributed by atoms with Crippen LogP contribution in [0, 0.1) is 0 Å². The monoisotopic (exact) mass is 398 g/mol. The van der Waals surface area contributed by atoms with Crippen molar-refractivity contribution in [1.82, 2.24) is 14.1 Å². The first kappa shape index (κ1) is 19.4. The van der Waals surface area contributed by atoms with Crippen LogP contribution in [0.3, 0.4) is 0 Å². The molecule has 0 amide bonds. The highest BCUT2D eigenvalue weighted by atomic mass is 35.5. The van der Waals surface area contributed by atoms with Crippen molar-refractivity contribution in [2.75, 3.05) is 12.4 Å². The van der Waals surface area contributed by atoms with E-state index >= 15 is 0 Å². The third-order valence-electron chi connectivity index (χ3n) is 4.06. The maximum atomic E-state index is 12.9. The number of aromatic nitrogens is 3. The molecule has 1 heterocycles. The van der Waals surface area contributed by atoms with Crippen LogP contribution >= 0.6 is 11.6 Å². The molecule has 0 fully saturated rings. The van der Waals surface area contributed by atoms with Gasteiger partial charge in [-0.25, -0.2) is 14.2 Å². The SMILES string of the molecule is C=CCn1c(=O)nc(Nc2ccc(Cl)cc2)n(Cc2ccc(OC)cc2)c1=O. The first-order chi connectivity index (χ1) is 13.5. The summed E-state index contributed by atoms with van der Waals surface area (Å²) in [6.07, 6.45) is 1.48. The van der Waals surface area contributed by atoms with Crippen molar-refractivity contribution >= 4 is 23.2 Å². The maximum absolute atomic E-state index is 12.9. The van der Waals surface area contributed by atoms with Crippen LogP contribution in [-0.4, -0.2) is 21.2 Å². The number of hydrogen-bond donors (Lipinski definition) is 1. The fourth-order valence-electron chi connectivity index (χ4n) is 2.63. The van der Waals surface area contributed by atoms with E-state index in [1.165, 1.54) is 10.6 Å². The fourth-order valence-corrected chi connectivity index (χ4v) is 2.75. The van der Waals surface area contributed by atoms with Gasteiger partial charge in [0.1, 0.15) is 5.75 Å². The Morgan fingerprint density at radius 3 is 2.39 bits per heavy atom. The maximum Gasteiger partial charge on any atom is 0.355 e. The molecular weight excluding hydrogens is 380 g/mol. The molecule has 3 rings (SSSR count). The van der Waals surface area contributed by atoms with Gasteiger partial charge in [-0.05, 0) is 42.0 Å². The van der Waals surface area contributed by atoms with Gasteiger partial charge in [-0.3, -0.25) is 4.57 Å². The number of methoxy groups -OCH3 is 1. The Morgan fingerprint density at radius 2 is 1.79 bits per heavy atom. The Balaban J connectivity index is 2.05. The van der Waals surface area contributed by atoms with E-state index in [1.54, 1.807) is 43.5 Å². The van der Waals surface area contributed by atoms with E-state index in [0.29, 0.717) is 16.5 Å². The summed E-state index contributed by atoms with van der Waals surface area (Å²) >= 11 is 5.91. The molecule has 0 radical (unpaired) electrons. The molecule has 0 saturated heterocycles. The Morgan fingerprint density at radius 1 is 1.11 bits per heavy atom. The molecule has 1 aromatic heterocycles. The Hall–Kier alpha value is -3.32. The fraction of sp³-hybridized carbons (Fsp3) is 0.150. The summed E-state index contributed by atoms with van der Waals surface area (Å²) in [7, 11) is 1.59. The summed E-state index contributed by atoms with van der Waals surface area (Å²) in [4.78, 5) is 29.3. The van der Waals surface area contributed by atoms with E-state index in [4.69, 9.17) is 16.3 Å². The van der Waals surface area contributed by atoms with Crippen molar-refractivity contribution in [1.29, 1.82) is 0 Å². The van der Waals surface area contributed by atoms with E-state index in [-0.39, 0.29) is 19.0 Å². The third kappa shape index (κ3) is 4.32. The van der Waals surface area contributed by atoms with Crippen LogP contribution in [0.1, 0.15) is 5.56 Å². The molecule has 0 atom stereocenters. The van der Waals surface area contributed by atoms with Crippen molar-refractivity contribution in [3.8, 4) is 5.75 Å². The molecule has 144 valence electrons. The van der Waals surface area contributed by atoms with Crippen LogP contribution in [0.4, 0.5) is 11.6 Å². The number of benzene rings is 2. The van der Waals surface area contributed by atoms with Gasteiger partial charge in [0, 0.05) is 10.7 Å². The summed E-state index contributed by atoms with van der Waals surface area (Å²) in [5.41, 5.74) is 0.382. The summed E-state index contributed by atoms with van der Waals surface area (Å²) in [6, 6.07) is 14.2.